The first kappa shape index (κ1) is 14.1. The summed E-state index contributed by atoms with van der Waals surface area (Å²) in [5.74, 6) is -0.0977. The summed E-state index contributed by atoms with van der Waals surface area (Å²) in [6, 6.07) is 7.76. The molecule has 2 aliphatic rings. The highest BCUT2D eigenvalue weighted by atomic mass is 16.2. The number of nitrogens with zero attached hydrogens (tertiary/aromatic N) is 1. The van der Waals surface area contributed by atoms with Crippen LogP contribution in [0.1, 0.15) is 45.6 Å². The van der Waals surface area contributed by atoms with Crippen molar-refractivity contribution in [3.05, 3.63) is 29.8 Å². The minimum Gasteiger partial charge on any atom is -0.373 e. The molecule has 4 heteroatoms. The van der Waals surface area contributed by atoms with E-state index < -0.39 is 6.04 Å². The van der Waals surface area contributed by atoms with Gasteiger partial charge in [0.05, 0.1) is 6.42 Å². The van der Waals surface area contributed by atoms with E-state index >= 15 is 0 Å². The quantitative estimate of drug-likeness (QED) is 0.869. The van der Waals surface area contributed by atoms with Gasteiger partial charge in [-0.1, -0.05) is 39.0 Å². The predicted molar refractivity (Wildman–Crippen MR) is 82.0 cm³/mol. The number of carbonyl (C=O) groups excluding carboxylic acids is 2. The number of benzene rings is 1. The fraction of sp³-hybridized carbons (Fsp3) is 0.529. The molecule has 1 heterocycles. The number of nitrogens with one attached hydrogen (secondary N) is 1. The normalized spacial score (nSPS) is 22.8. The molecule has 1 saturated carbocycles. The van der Waals surface area contributed by atoms with E-state index in [0.717, 1.165) is 24.1 Å². The van der Waals surface area contributed by atoms with Gasteiger partial charge in [-0.2, -0.15) is 0 Å². The maximum absolute atomic E-state index is 12.4. The maximum Gasteiger partial charge on any atom is 0.252 e. The van der Waals surface area contributed by atoms with Crippen LogP contribution in [0.25, 0.3) is 0 Å². The molecule has 3 rings (SSSR count). The van der Waals surface area contributed by atoms with Crippen molar-refractivity contribution in [2.45, 2.75) is 57.5 Å². The molecule has 1 saturated heterocycles. The van der Waals surface area contributed by atoms with Crippen molar-refractivity contribution < 1.29 is 9.59 Å². The number of rotatable bonds is 3. The summed E-state index contributed by atoms with van der Waals surface area (Å²) in [5.41, 5.74) is 2.11. The van der Waals surface area contributed by atoms with Crippen LogP contribution in [-0.4, -0.2) is 28.8 Å². The Morgan fingerprint density at radius 3 is 2.43 bits per heavy atom. The number of hydrogen-bond donors (Lipinski definition) is 1. The highest BCUT2D eigenvalue weighted by Crippen LogP contribution is 2.34. The summed E-state index contributed by atoms with van der Waals surface area (Å²) in [5, 5.41) is 3.30. The molecule has 2 amide bonds. The lowest BCUT2D eigenvalue weighted by Crippen LogP contribution is -2.36. The van der Waals surface area contributed by atoms with Crippen LogP contribution in [0.2, 0.25) is 0 Å². The van der Waals surface area contributed by atoms with Gasteiger partial charge in [0.1, 0.15) is 6.04 Å². The Morgan fingerprint density at radius 1 is 1.14 bits per heavy atom. The highest BCUT2D eigenvalue weighted by Gasteiger charge is 2.46. The molecule has 21 heavy (non-hydrogen) atoms. The van der Waals surface area contributed by atoms with Crippen LogP contribution in [0.5, 0.6) is 0 Å². The predicted octanol–water partition coefficient (Wildman–Crippen LogP) is 2.69. The second-order valence-corrected chi connectivity index (χ2v) is 7.03. The Labute approximate surface area is 125 Å². The molecule has 2 fully saturated rings. The van der Waals surface area contributed by atoms with Gasteiger partial charge in [-0.15, -0.1) is 0 Å². The van der Waals surface area contributed by atoms with Crippen molar-refractivity contribution in [2.24, 2.45) is 0 Å². The Kier molecular flexibility index (Phi) is 3.27. The van der Waals surface area contributed by atoms with Crippen LogP contribution >= 0.6 is 0 Å². The van der Waals surface area contributed by atoms with Gasteiger partial charge in [-0.05, 0) is 29.9 Å². The van der Waals surface area contributed by atoms with Crippen LogP contribution in [0.4, 0.5) is 5.69 Å². The van der Waals surface area contributed by atoms with E-state index in [9.17, 15) is 9.59 Å². The Hall–Kier alpha value is -1.84. The summed E-state index contributed by atoms with van der Waals surface area (Å²) in [6.45, 7) is 6.43. The first-order chi connectivity index (χ1) is 9.88. The molecule has 1 aromatic carbocycles. The van der Waals surface area contributed by atoms with Crippen LogP contribution in [0, 0.1) is 0 Å². The van der Waals surface area contributed by atoms with Crippen molar-refractivity contribution in [3.63, 3.8) is 0 Å². The summed E-state index contributed by atoms with van der Waals surface area (Å²) in [6.07, 6.45) is 2.19. The number of para-hydroxylation sites is 1. The summed E-state index contributed by atoms with van der Waals surface area (Å²) in [4.78, 5) is 25.9. The Bertz CT molecular complexity index is 585. The maximum atomic E-state index is 12.4. The third-order valence-corrected chi connectivity index (χ3v) is 4.16. The molecule has 1 aliphatic heterocycles. The largest absolute Gasteiger partial charge is 0.373 e. The zero-order valence-corrected chi connectivity index (χ0v) is 12.8. The molecule has 1 aromatic rings. The highest BCUT2D eigenvalue weighted by molar-refractivity contribution is 6.07. The standard InChI is InChI=1S/C17H22N2O2/c1-17(2,3)12-6-4-5-7-13(12)18-14-10-15(20)19(16(14)21)11-8-9-11/h4-7,11,14,18H,8-10H2,1-3H3. The fourth-order valence-corrected chi connectivity index (χ4v) is 2.93. The molecule has 1 atom stereocenters. The number of hydrogen-bond acceptors (Lipinski definition) is 3. The molecular weight excluding hydrogens is 264 g/mol. The molecule has 0 aromatic heterocycles. The average Bonchev–Trinajstić information content (AvgIpc) is 3.18. The third-order valence-electron chi connectivity index (χ3n) is 4.16. The van der Waals surface area contributed by atoms with Crippen molar-refractivity contribution in [3.8, 4) is 0 Å². The van der Waals surface area contributed by atoms with E-state index in [0.29, 0.717) is 0 Å². The first-order valence-corrected chi connectivity index (χ1v) is 7.60. The molecule has 4 nitrogen and oxygen atoms in total. The van der Waals surface area contributed by atoms with Gasteiger partial charge in [0.15, 0.2) is 0 Å². The summed E-state index contributed by atoms with van der Waals surface area (Å²) >= 11 is 0. The second-order valence-electron chi connectivity index (χ2n) is 7.03. The molecule has 1 unspecified atom stereocenters. The van der Waals surface area contributed by atoms with Crippen LogP contribution in [0.3, 0.4) is 0 Å². The van der Waals surface area contributed by atoms with Crippen molar-refractivity contribution in [2.75, 3.05) is 5.32 Å². The average molecular weight is 286 g/mol. The topological polar surface area (TPSA) is 49.4 Å². The lowest BCUT2D eigenvalue weighted by Gasteiger charge is -2.25. The molecule has 0 bridgehead atoms. The molecule has 1 N–H and O–H groups in total. The Morgan fingerprint density at radius 2 is 1.81 bits per heavy atom. The van der Waals surface area contributed by atoms with E-state index in [1.54, 1.807) is 0 Å². The monoisotopic (exact) mass is 286 g/mol. The lowest BCUT2D eigenvalue weighted by atomic mass is 9.85. The summed E-state index contributed by atoms with van der Waals surface area (Å²) < 4.78 is 0. The van der Waals surface area contributed by atoms with Gasteiger partial charge < -0.3 is 5.32 Å². The van der Waals surface area contributed by atoms with Gasteiger partial charge in [-0.3, -0.25) is 14.5 Å². The molecule has 0 spiro atoms. The summed E-state index contributed by atoms with van der Waals surface area (Å²) in [7, 11) is 0. The zero-order valence-electron chi connectivity index (χ0n) is 12.8. The third kappa shape index (κ3) is 2.67. The smallest absolute Gasteiger partial charge is 0.252 e. The van der Waals surface area contributed by atoms with E-state index in [1.807, 2.05) is 18.2 Å². The number of likely N-dealkylation sites (tertiary alicyclic amines) is 1. The van der Waals surface area contributed by atoms with Crippen molar-refractivity contribution >= 4 is 17.5 Å². The minimum absolute atomic E-state index is 0.00850. The van der Waals surface area contributed by atoms with Gasteiger partial charge in [0.2, 0.25) is 5.91 Å². The molecule has 0 radical (unpaired) electrons. The van der Waals surface area contributed by atoms with E-state index in [2.05, 4.69) is 32.2 Å². The second kappa shape index (κ2) is 4.86. The number of carbonyl (C=O) groups is 2. The van der Waals surface area contributed by atoms with Crippen LogP contribution in [-0.2, 0) is 15.0 Å². The van der Waals surface area contributed by atoms with Gasteiger partial charge in [0, 0.05) is 11.7 Å². The van der Waals surface area contributed by atoms with E-state index in [4.69, 9.17) is 0 Å². The van der Waals surface area contributed by atoms with Crippen LogP contribution in [0.15, 0.2) is 24.3 Å². The van der Waals surface area contributed by atoms with E-state index in [1.165, 1.54) is 4.90 Å². The first-order valence-electron chi connectivity index (χ1n) is 7.60. The molecular formula is C17H22N2O2. The van der Waals surface area contributed by atoms with Gasteiger partial charge in [0.25, 0.3) is 5.91 Å². The SMILES string of the molecule is CC(C)(C)c1ccccc1NC1CC(=O)N(C2CC2)C1=O. The molecule has 112 valence electrons. The number of imide groups is 1. The zero-order chi connectivity index (χ0) is 15.2. The number of amides is 2. The van der Waals surface area contributed by atoms with Crippen molar-refractivity contribution in [1.82, 2.24) is 4.90 Å². The molecule has 1 aliphatic carbocycles. The van der Waals surface area contributed by atoms with Gasteiger partial charge in [-0.25, -0.2) is 0 Å². The number of anilines is 1. The Balaban J connectivity index is 1.82. The lowest BCUT2D eigenvalue weighted by molar-refractivity contribution is -0.139. The minimum atomic E-state index is -0.415. The van der Waals surface area contributed by atoms with Crippen LogP contribution < -0.4 is 5.32 Å². The van der Waals surface area contributed by atoms with Crippen molar-refractivity contribution in [1.29, 1.82) is 0 Å². The van der Waals surface area contributed by atoms with Gasteiger partial charge >= 0.3 is 0 Å². The fourth-order valence-electron chi connectivity index (χ4n) is 2.93. The van der Waals surface area contributed by atoms with E-state index in [-0.39, 0.29) is 29.7 Å².